The Balaban J connectivity index is 0.000000155. The fourth-order valence-corrected chi connectivity index (χ4v) is 2.82. The van der Waals surface area contributed by atoms with Gasteiger partial charge in [-0.1, -0.05) is 11.5 Å². The second-order valence-corrected chi connectivity index (χ2v) is 6.65. The van der Waals surface area contributed by atoms with Gasteiger partial charge in [0, 0.05) is 45.3 Å². The van der Waals surface area contributed by atoms with Gasteiger partial charge in [-0.15, -0.1) is 0 Å². The van der Waals surface area contributed by atoms with Gasteiger partial charge in [-0.25, -0.2) is 13.2 Å². The van der Waals surface area contributed by atoms with Gasteiger partial charge in [0.25, 0.3) is 0 Å². The zero-order chi connectivity index (χ0) is 19.3. The zero-order valence-electron chi connectivity index (χ0n) is 14.3. The van der Waals surface area contributed by atoms with Crippen molar-refractivity contribution in [2.24, 2.45) is 0 Å². The monoisotopic (exact) mass is 373 g/mol. The van der Waals surface area contributed by atoms with E-state index < -0.39 is 17.5 Å². The molecule has 0 unspecified atom stereocenters. The lowest BCUT2D eigenvalue weighted by Crippen LogP contribution is -2.29. The van der Waals surface area contributed by atoms with Crippen LogP contribution in [0, 0.1) is 17.5 Å². The normalized spacial score (nSPS) is 20.4. The summed E-state index contributed by atoms with van der Waals surface area (Å²) in [5, 5.41) is 0. The molecule has 3 fully saturated rings. The van der Waals surface area contributed by atoms with Gasteiger partial charge >= 0.3 is 0 Å². The minimum absolute atomic E-state index is 0.00546. The molecule has 5 rings (SSSR count). The third-order valence-electron chi connectivity index (χ3n) is 4.55. The molecule has 3 heterocycles. The Morgan fingerprint density at radius 1 is 0.778 bits per heavy atom. The molecule has 4 aliphatic rings. The van der Waals surface area contributed by atoms with E-state index in [1.807, 2.05) is 14.7 Å². The third kappa shape index (κ3) is 3.45. The first kappa shape index (κ1) is 17.7. The van der Waals surface area contributed by atoms with Gasteiger partial charge in [-0.3, -0.25) is 9.59 Å². The van der Waals surface area contributed by atoms with E-state index in [-0.39, 0.29) is 17.0 Å². The molecule has 1 aromatic rings. The summed E-state index contributed by atoms with van der Waals surface area (Å²) in [4.78, 5) is 30.5. The Labute approximate surface area is 155 Å². The number of allylic oxidation sites excluding steroid dienone is 1. The lowest BCUT2D eigenvalue weighted by molar-refractivity contribution is -0.117. The molecule has 3 aliphatic heterocycles. The summed E-state index contributed by atoms with van der Waals surface area (Å²) in [6.45, 7) is 5.41. The van der Waals surface area contributed by atoms with Crippen molar-refractivity contribution in [2.75, 3.05) is 39.3 Å². The van der Waals surface area contributed by atoms with Crippen molar-refractivity contribution >= 4 is 24.9 Å². The smallest absolute Gasteiger partial charge is 0.227 e. The fourth-order valence-electron chi connectivity index (χ4n) is 2.82. The summed E-state index contributed by atoms with van der Waals surface area (Å²) in [7, 11) is 4.91. The molecule has 5 nitrogen and oxygen atoms in total. The van der Waals surface area contributed by atoms with Crippen molar-refractivity contribution in [1.82, 2.24) is 14.7 Å². The molecule has 0 atom stereocenters. The van der Waals surface area contributed by atoms with Crippen molar-refractivity contribution in [1.29, 1.82) is 0 Å². The van der Waals surface area contributed by atoms with Crippen molar-refractivity contribution in [3.8, 4) is 0 Å². The molecular formula is C18H15BF3N3O2. The van der Waals surface area contributed by atoms with Crippen molar-refractivity contribution in [3.05, 3.63) is 52.8 Å². The maximum Gasteiger partial charge on any atom is 0.227 e. The first-order valence-electron chi connectivity index (χ1n) is 8.57. The Bertz CT molecular complexity index is 876. The molecular weight excluding hydrogens is 358 g/mol. The topological polar surface area (TPSA) is 43.2 Å². The van der Waals surface area contributed by atoms with Crippen LogP contribution in [-0.2, 0) is 9.59 Å². The van der Waals surface area contributed by atoms with Crippen LogP contribution in [0.4, 0.5) is 13.2 Å². The molecule has 0 amide bonds. The average molecular weight is 373 g/mol. The molecule has 0 N–H and O–H groups in total. The van der Waals surface area contributed by atoms with E-state index in [0.717, 1.165) is 51.4 Å². The van der Waals surface area contributed by atoms with Crippen LogP contribution in [0.25, 0.3) is 0 Å². The molecule has 1 aliphatic carbocycles. The van der Waals surface area contributed by atoms with Gasteiger partial charge in [-0.2, -0.15) is 0 Å². The number of ketones is 2. The average Bonchev–Trinajstić information content (AvgIpc) is 3.49. The first-order chi connectivity index (χ1) is 12.9. The van der Waals surface area contributed by atoms with Crippen LogP contribution < -0.4 is 5.46 Å². The van der Waals surface area contributed by atoms with E-state index in [2.05, 4.69) is 0 Å². The van der Waals surface area contributed by atoms with Crippen LogP contribution in [0.15, 0.2) is 35.3 Å². The van der Waals surface area contributed by atoms with E-state index in [9.17, 15) is 22.8 Å². The van der Waals surface area contributed by atoms with E-state index in [4.69, 9.17) is 7.85 Å². The number of carbonyl (C=O) groups is 2. The highest BCUT2D eigenvalue weighted by atomic mass is 19.2. The number of nitrogens with zero attached hydrogens (tertiary/aromatic N) is 3. The number of hydrogen-bond donors (Lipinski definition) is 0. The lowest BCUT2D eigenvalue weighted by Gasteiger charge is -2.21. The van der Waals surface area contributed by atoms with E-state index in [1.54, 1.807) is 0 Å². The van der Waals surface area contributed by atoms with Gasteiger partial charge in [0.15, 0.2) is 17.5 Å². The van der Waals surface area contributed by atoms with Gasteiger partial charge in [0.1, 0.15) is 19.2 Å². The molecule has 0 spiro atoms. The van der Waals surface area contributed by atoms with Gasteiger partial charge in [0.2, 0.25) is 11.6 Å². The summed E-state index contributed by atoms with van der Waals surface area (Å²) in [5.74, 6) is -4.04. The highest BCUT2D eigenvalue weighted by Crippen LogP contribution is 2.33. The van der Waals surface area contributed by atoms with Crippen LogP contribution in [0.2, 0.25) is 0 Å². The summed E-state index contributed by atoms with van der Waals surface area (Å²) in [5.41, 5.74) is 1.50. The zero-order valence-corrected chi connectivity index (χ0v) is 14.3. The SMILES string of the molecule is O=C1C=C(N2CC2)C(=O)C(N2CC2)=C1N1CC1.[B]c1ccc(F)c(F)c1F. The summed E-state index contributed by atoms with van der Waals surface area (Å²) < 4.78 is 36.5. The van der Waals surface area contributed by atoms with Gasteiger partial charge in [-0.05, 0) is 6.07 Å². The quantitative estimate of drug-likeness (QED) is 0.325. The maximum absolute atomic E-state index is 12.4. The van der Waals surface area contributed by atoms with Crippen molar-refractivity contribution in [2.45, 2.75) is 0 Å². The van der Waals surface area contributed by atoms with E-state index in [0.29, 0.717) is 17.1 Å². The van der Waals surface area contributed by atoms with Crippen LogP contribution in [-0.4, -0.2) is 73.4 Å². The standard InChI is InChI=1S/C12H13N3O2.C6H2BF3/c16-9-7-8(13-1-2-13)12(17)11(15-5-6-15)10(9)14-3-4-14;7-3-1-2-4(8)6(10)5(3)9/h7H,1-6H2;1-2H. The minimum atomic E-state index is -1.53. The van der Waals surface area contributed by atoms with Crippen LogP contribution in [0.1, 0.15) is 0 Å². The number of halogens is 3. The Kier molecular flexibility index (Phi) is 4.24. The van der Waals surface area contributed by atoms with E-state index in [1.165, 1.54) is 6.08 Å². The van der Waals surface area contributed by atoms with Crippen LogP contribution in [0.3, 0.4) is 0 Å². The van der Waals surface area contributed by atoms with E-state index >= 15 is 0 Å². The predicted octanol–water partition coefficient (Wildman–Crippen LogP) is 0.0782. The number of carbonyl (C=O) groups excluding carboxylic acids is 2. The molecule has 2 radical (unpaired) electrons. The molecule has 138 valence electrons. The third-order valence-corrected chi connectivity index (χ3v) is 4.55. The largest absolute Gasteiger partial charge is 0.365 e. The van der Waals surface area contributed by atoms with Crippen LogP contribution in [0.5, 0.6) is 0 Å². The molecule has 0 aromatic heterocycles. The second kappa shape index (κ2) is 6.47. The predicted molar refractivity (Wildman–Crippen MR) is 91.5 cm³/mol. The second-order valence-electron chi connectivity index (χ2n) is 6.65. The molecule has 9 heteroatoms. The number of hydrogen-bond acceptors (Lipinski definition) is 5. The maximum atomic E-state index is 12.4. The lowest BCUT2D eigenvalue weighted by atomic mass is 9.95. The van der Waals surface area contributed by atoms with Crippen molar-refractivity contribution < 1.29 is 22.8 Å². The number of rotatable bonds is 3. The first-order valence-corrected chi connectivity index (χ1v) is 8.57. The highest BCUT2D eigenvalue weighted by molar-refractivity contribution is 6.32. The fraction of sp³-hybridized carbons (Fsp3) is 0.333. The molecule has 0 bridgehead atoms. The number of Topliss-reactive ketones (excluding diaryl/α,β-unsaturated/α-hetero) is 1. The number of benzene rings is 1. The molecule has 0 saturated carbocycles. The molecule has 1 aromatic carbocycles. The van der Waals surface area contributed by atoms with Crippen LogP contribution >= 0.6 is 0 Å². The van der Waals surface area contributed by atoms with Gasteiger partial charge in [0.05, 0.1) is 5.70 Å². The minimum Gasteiger partial charge on any atom is -0.365 e. The van der Waals surface area contributed by atoms with Crippen molar-refractivity contribution in [3.63, 3.8) is 0 Å². The summed E-state index contributed by atoms with van der Waals surface area (Å²) >= 11 is 0. The summed E-state index contributed by atoms with van der Waals surface area (Å²) in [6, 6.07) is 1.74. The summed E-state index contributed by atoms with van der Waals surface area (Å²) in [6.07, 6.45) is 1.52. The van der Waals surface area contributed by atoms with Gasteiger partial charge < -0.3 is 14.7 Å². The Morgan fingerprint density at radius 2 is 1.33 bits per heavy atom. The highest BCUT2D eigenvalue weighted by Gasteiger charge is 2.43. The Morgan fingerprint density at radius 3 is 1.85 bits per heavy atom. The molecule has 27 heavy (non-hydrogen) atoms. The molecule has 3 saturated heterocycles. The Hall–Kier alpha value is -2.71.